The first-order valence-electron chi connectivity index (χ1n) is 4.85. The van der Waals surface area contributed by atoms with Gasteiger partial charge in [-0.15, -0.1) is 23.2 Å². The zero-order valence-corrected chi connectivity index (χ0v) is 10.4. The van der Waals surface area contributed by atoms with Crippen LogP contribution in [0.3, 0.4) is 0 Å². The van der Waals surface area contributed by atoms with Crippen molar-refractivity contribution >= 4 is 23.2 Å². The number of hydrogen-bond donors (Lipinski definition) is 0. The van der Waals surface area contributed by atoms with E-state index in [0.29, 0.717) is 17.7 Å². The number of aryl methyl sites for hydroxylation is 1. The van der Waals surface area contributed by atoms with E-state index < -0.39 is 0 Å². The molecule has 0 atom stereocenters. The van der Waals surface area contributed by atoms with Gasteiger partial charge in [0.25, 0.3) is 0 Å². The first-order chi connectivity index (χ1) is 6.61. The Hall–Kier alpha value is -0.200. The van der Waals surface area contributed by atoms with Crippen molar-refractivity contribution in [1.29, 1.82) is 0 Å². The highest BCUT2D eigenvalue weighted by molar-refractivity contribution is 6.19. The molecule has 0 N–H and O–H groups in total. The molecule has 0 saturated carbocycles. The second kappa shape index (κ2) is 5.04. The molecule has 1 aromatic rings. The molecular weight excluding hydrogens is 215 g/mol. The normalized spacial score (nSPS) is 11.0. The Kier molecular flexibility index (Phi) is 4.28. The molecule has 0 bridgehead atoms. The third kappa shape index (κ3) is 2.24. The number of alkyl halides is 2. The van der Waals surface area contributed by atoms with Gasteiger partial charge >= 0.3 is 0 Å². The van der Waals surface area contributed by atoms with E-state index >= 15 is 0 Å². The van der Waals surface area contributed by atoms with Gasteiger partial charge < -0.3 is 0 Å². The van der Waals surface area contributed by atoms with Crippen molar-refractivity contribution in [2.24, 2.45) is 0 Å². The van der Waals surface area contributed by atoms with Crippen LogP contribution >= 0.6 is 23.2 Å². The Morgan fingerprint density at radius 3 is 2.07 bits per heavy atom. The largest absolute Gasteiger partial charge is 0.122 e. The Balaban J connectivity index is 3.33. The van der Waals surface area contributed by atoms with Gasteiger partial charge in [-0.3, -0.25) is 0 Å². The van der Waals surface area contributed by atoms with Gasteiger partial charge in [0.2, 0.25) is 0 Å². The summed E-state index contributed by atoms with van der Waals surface area (Å²) in [4.78, 5) is 0. The molecule has 0 heterocycles. The lowest BCUT2D eigenvalue weighted by molar-refractivity contribution is 0.849. The highest BCUT2D eigenvalue weighted by Crippen LogP contribution is 2.27. The van der Waals surface area contributed by atoms with Crippen molar-refractivity contribution in [1.82, 2.24) is 0 Å². The fraction of sp³-hybridized carbons (Fsp3) is 0.500. The van der Waals surface area contributed by atoms with Crippen molar-refractivity contribution in [3.63, 3.8) is 0 Å². The highest BCUT2D eigenvalue weighted by atomic mass is 35.5. The Bertz CT molecular complexity index is 316. The van der Waals surface area contributed by atoms with Gasteiger partial charge in [-0.25, -0.2) is 0 Å². The van der Waals surface area contributed by atoms with E-state index in [-0.39, 0.29) is 0 Å². The van der Waals surface area contributed by atoms with Gasteiger partial charge in [0.05, 0.1) is 0 Å². The van der Waals surface area contributed by atoms with E-state index in [1.54, 1.807) is 0 Å². The molecule has 78 valence electrons. The fourth-order valence-corrected chi connectivity index (χ4v) is 2.40. The second-order valence-electron chi connectivity index (χ2n) is 3.85. The molecule has 2 heteroatoms. The fourth-order valence-electron chi connectivity index (χ4n) is 1.71. The minimum absolute atomic E-state index is 0.506. The van der Waals surface area contributed by atoms with Crippen LogP contribution in [0.4, 0.5) is 0 Å². The van der Waals surface area contributed by atoms with Crippen LogP contribution in [0.1, 0.15) is 42.0 Å². The Labute approximate surface area is 96.2 Å². The molecule has 0 nitrogen and oxygen atoms in total. The summed E-state index contributed by atoms with van der Waals surface area (Å²) in [5.74, 6) is 1.61. The monoisotopic (exact) mass is 230 g/mol. The lowest BCUT2D eigenvalue weighted by atomic mass is 9.92. The minimum Gasteiger partial charge on any atom is -0.122 e. The van der Waals surface area contributed by atoms with Crippen LogP contribution in [0.25, 0.3) is 0 Å². The maximum absolute atomic E-state index is 5.97. The number of benzene rings is 1. The average Bonchev–Trinajstić information content (AvgIpc) is 2.16. The summed E-state index contributed by atoms with van der Waals surface area (Å²) in [7, 11) is 0. The SMILES string of the molecule is Cc1ccc(C(C)C)c(CCl)c1CCl. The zero-order chi connectivity index (χ0) is 10.7. The van der Waals surface area contributed by atoms with E-state index in [2.05, 4.69) is 32.9 Å². The third-order valence-corrected chi connectivity index (χ3v) is 3.13. The van der Waals surface area contributed by atoms with Crippen LogP contribution in [-0.2, 0) is 11.8 Å². The van der Waals surface area contributed by atoms with Crippen LogP contribution in [0, 0.1) is 6.92 Å². The molecule has 0 spiro atoms. The van der Waals surface area contributed by atoms with E-state index in [1.165, 1.54) is 22.3 Å². The van der Waals surface area contributed by atoms with Crippen LogP contribution in [0.2, 0.25) is 0 Å². The first-order valence-corrected chi connectivity index (χ1v) is 5.91. The quantitative estimate of drug-likeness (QED) is 0.667. The number of hydrogen-bond acceptors (Lipinski definition) is 0. The maximum Gasteiger partial charge on any atom is 0.0480 e. The van der Waals surface area contributed by atoms with Crippen LogP contribution in [0.15, 0.2) is 12.1 Å². The van der Waals surface area contributed by atoms with E-state index in [0.717, 1.165) is 0 Å². The maximum atomic E-state index is 5.97. The van der Waals surface area contributed by atoms with Crippen LogP contribution in [0.5, 0.6) is 0 Å². The molecule has 0 unspecified atom stereocenters. The van der Waals surface area contributed by atoms with Crippen molar-refractivity contribution in [3.8, 4) is 0 Å². The molecule has 0 radical (unpaired) electrons. The van der Waals surface area contributed by atoms with Crippen molar-refractivity contribution in [3.05, 3.63) is 34.4 Å². The molecule has 0 saturated heterocycles. The molecule has 0 aliphatic rings. The van der Waals surface area contributed by atoms with Gasteiger partial charge in [-0.2, -0.15) is 0 Å². The van der Waals surface area contributed by atoms with Crippen LogP contribution in [-0.4, -0.2) is 0 Å². The van der Waals surface area contributed by atoms with Crippen molar-refractivity contribution in [2.75, 3.05) is 0 Å². The average molecular weight is 231 g/mol. The molecule has 14 heavy (non-hydrogen) atoms. The number of halogens is 2. The standard InChI is InChI=1S/C12H16Cl2/c1-8(2)10-5-4-9(3)11(6-13)12(10)7-14/h4-5,8H,6-7H2,1-3H3. The van der Waals surface area contributed by atoms with Crippen LogP contribution < -0.4 is 0 Å². The molecule has 0 aliphatic heterocycles. The van der Waals surface area contributed by atoms with E-state index in [1.807, 2.05) is 0 Å². The predicted molar refractivity (Wildman–Crippen MR) is 64.4 cm³/mol. The Morgan fingerprint density at radius 1 is 1.07 bits per heavy atom. The summed E-state index contributed by atoms with van der Waals surface area (Å²) in [6.07, 6.45) is 0. The van der Waals surface area contributed by atoms with Gasteiger partial charge in [0, 0.05) is 11.8 Å². The smallest absolute Gasteiger partial charge is 0.0480 e. The van der Waals surface area contributed by atoms with Gasteiger partial charge in [0.1, 0.15) is 0 Å². The predicted octanol–water partition coefficient (Wildman–Crippen LogP) is 4.60. The Morgan fingerprint density at radius 2 is 1.64 bits per heavy atom. The van der Waals surface area contributed by atoms with Crippen molar-refractivity contribution in [2.45, 2.75) is 38.4 Å². The summed E-state index contributed by atoms with van der Waals surface area (Å²) in [5.41, 5.74) is 4.98. The number of rotatable bonds is 3. The first kappa shape index (κ1) is 11.9. The molecule has 0 aliphatic carbocycles. The minimum atomic E-state index is 0.506. The lowest BCUT2D eigenvalue weighted by Crippen LogP contribution is -2.01. The van der Waals surface area contributed by atoms with Gasteiger partial charge in [-0.1, -0.05) is 26.0 Å². The zero-order valence-electron chi connectivity index (χ0n) is 8.90. The summed E-state index contributed by atoms with van der Waals surface area (Å²) in [5, 5.41) is 0. The topological polar surface area (TPSA) is 0 Å². The third-order valence-electron chi connectivity index (χ3n) is 2.59. The molecule has 1 aromatic carbocycles. The molecule has 0 fully saturated rings. The second-order valence-corrected chi connectivity index (χ2v) is 4.39. The van der Waals surface area contributed by atoms with Gasteiger partial charge in [0.15, 0.2) is 0 Å². The van der Waals surface area contributed by atoms with E-state index in [4.69, 9.17) is 23.2 Å². The highest BCUT2D eigenvalue weighted by Gasteiger charge is 2.11. The summed E-state index contributed by atoms with van der Waals surface area (Å²) < 4.78 is 0. The summed E-state index contributed by atoms with van der Waals surface area (Å²) in [6, 6.07) is 4.29. The van der Waals surface area contributed by atoms with Crippen molar-refractivity contribution < 1.29 is 0 Å². The van der Waals surface area contributed by atoms with Gasteiger partial charge in [-0.05, 0) is 35.1 Å². The lowest BCUT2D eigenvalue weighted by Gasteiger charge is -2.16. The van der Waals surface area contributed by atoms with E-state index in [9.17, 15) is 0 Å². The summed E-state index contributed by atoms with van der Waals surface area (Å²) in [6.45, 7) is 6.44. The molecule has 0 aromatic heterocycles. The molecular formula is C12H16Cl2. The molecule has 1 rings (SSSR count). The molecule has 0 amide bonds. The summed E-state index contributed by atoms with van der Waals surface area (Å²) >= 11 is 11.9.